The number of para-hydroxylation sites is 1. The molecule has 140 valence electrons. The van der Waals surface area contributed by atoms with E-state index < -0.39 is 0 Å². The van der Waals surface area contributed by atoms with Crippen molar-refractivity contribution >= 4 is 17.7 Å². The van der Waals surface area contributed by atoms with Gasteiger partial charge in [-0.05, 0) is 29.8 Å². The fourth-order valence-corrected chi connectivity index (χ4v) is 2.61. The quantitative estimate of drug-likeness (QED) is 0.488. The molecule has 0 aliphatic heterocycles. The standard InChI is InChI=1S/C22H19N3O3/c1-3-12-28-20-10-8-16(13-21(20)27-2)9-11-22(26)25-19-7-5-4-6-18(19)17-14-23-24-15-17/h1,4-11,13-15H,12H2,2H3,(H,23,24)(H,25,26)/b11-9+. The second-order valence-corrected chi connectivity index (χ2v) is 5.76. The molecule has 0 aliphatic rings. The number of carbonyl (C=O) groups excluding carboxylic acids is 1. The third kappa shape index (κ3) is 4.59. The molecule has 0 unspecified atom stereocenters. The highest BCUT2D eigenvalue weighted by atomic mass is 16.5. The molecule has 1 aromatic heterocycles. The Morgan fingerprint density at radius 2 is 2.14 bits per heavy atom. The van der Waals surface area contributed by atoms with Gasteiger partial charge in [-0.15, -0.1) is 6.42 Å². The number of rotatable bonds is 7. The van der Waals surface area contributed by atoms with Crippen LogP contribution in [-0.4, -0.2) is 29.8 Å². The normalized spacial score (nSPS) is 10.4. The zero-order valence-electron chi connectivity index (χ0n) is 15.3. The van der Waals surface area contributed by atoms with Gasteiger partial charge in [-0.1, -0.05) is 30.2 Å². The van der Waals surface area contributed by atoms with Gasteiger partial charge in [0.05, 0.1) is 13.3 Å². The van der Waals surface area contributed by atoms with Gasteiger partial charge in [0.1, 0.15) is 6.61 Å². The summed E-state index contributed by atoms with van der Waals surface area (Å²) in [6.07, 6.45) is 11.8. The first kappa shape index (κ1) is 18.8. The monoisotopic (exact) mass is 373 g/mol. The zero-order valence-corrected chi connectivity index (χ0v) is 15.3. The second kappa shape index (κ2) is 9.10. The number of hydrogen-bond acceptors (Lipinski definition) is 4. The van der Waals surface area contributed by atoms with Gasteiger partial charge in [-0.25, -0.2) is 0 Å². The molecule has 0 aliphatic carbocycles. The Kier molecular flexibility index (Phi) is 6.11. The van der Waals surface area contributed by atoms with Gasteiger partial charge in [-0.3, -0.25) is 9.89 Å². The molecule has 6 nitrogen and oxygen atoms in total. The predicted octanol–water partition coefficient (Wildman–Crippen LogP) is 3.75. The largest absolute Gasteiger partial charge is 0.493 e. The molecule has 0 radical (unpaired) electrons. The van der Waals surface area contributed by atoms with Gasteiger partial charge in [0.2, 0.25) is 5.91 Å². The molecule has 1 heterocycles. The van der Waals surface area contributed by atoms with Crippen molar-refractivity contribution in [2.45, 2.75) is 0 Å². The van der Waals surface area contributed by atoms with Crippen LogP contribution in [0.1, 0.15) is 5.56 Å². The topological polar surface area (TPSA) is 76.2 Å². The lowest BCUT2D eigenvalue weighted by Gasteiger charge is -2.09. The van der Waals surface area contributed by atoms with Crippen LogP contribution in [0, 0.1) is 12.3 Å². The average molecular weight is 373 g/mol. The number of amides is 1. The zero-order chi connectivity index (χ0) is 19.8. The molecule has 28 heavy (non-hydrogen) atoms. The Labute approximate surface area is 163 Å². The number of methoxy groups -OCH3 is 1. The molecule has 0 fully saturated rings. The summed E-state index contributed by atoms with van der Waals surface area (Å²) in [5.74, 6) is 3.26. The predicted molar refractivity (Wildman–Crippen MR) is 109 cm³/mol. The maximum atomic E-state index is 12.4. The maximum Gasteiger partial charge on any atom is 0.248 e. The average Bonchev–Trinajstić information content (AvgIpc) is 3.26. The van der Waals surface area contributed by atoms with E-state index in [-0.39, 0.29) is 12.5 Å². The number of nitrogens with zero attached hydrogens (tertiary/aromatic N) is 1. The summed E-state index contributed by atoms with van der Waals surface area (Å²) >= 11 is 0. The maximum absolute atomic E-state index is 12.4. The number of anilines is 1. The summed E-state index contributed by atoms with van der Waals surface area (Å²) in [4.78, 5) is 12.4. The van der Waals surface area contributed by atoms with Crippen LogP contribution in [0.2, 0.25) is 0 Å². The third-order valence-corrected chi connectivity index (χ3v) is 3.92. The Hall–Kier alpha value is -3.98. The number of carbonyl (C=O) groups is 1. The van der Waals surface area contributed by atoms with E-state index in [1.54, 1.807) is 37.7 Å². The van der Waals surface area contributed by atoms with Crippen molar-refractivity contribution in [1.29, 1.82) is 0 Å². The van der Waals surface area contributed by atoms with E-state index in [4.69, 9.17) is 15.9 Å². The molecule has 0 bridgehead atoms. The first-order chi connectivity index (χ1) is 13.7. The SMILES string of the molecule is C#CCOc1ccc(/C=C/C(=O)Nc2ccccc2-c2cn[nH]c2)cc1OC. The van der Waals surface area contributed by atoms with Gasteiger partial charge >= 0.3 is 0 Å². The fourth-order valence-electron chi connectivity index (χ4n) is 2.61. The third-order valence-electron chi connectivity index (χ3n) is 3.92. The first-order valence-electron chi connectivity index (χ1n) is 8.53. The second-order valence-electron chi connectivity index (χ2n) is 5.76. The van der Waals surface area contributed by atoms with Crippen molar-refractivity contribution in [3.05, 3.63) is 66.5 Å². The molecule has 0 atom stereocenters. The van der Waals surface area contributed by atoms with Crippen LogP contribution < -0.4 is 14.8 Å². The highest BCUT2D eigenvalue weighted by molar-refractivity contribution is 6.04. The van der Waals surface area contributed by atoms with E-state index in [1.165, 1.54) is 6.08 Å². The minimum atomic E-state index is -0.248. The molecule has 0 saturated carbocycles. The van der Waals surface area contributed by atoms with E-state index >= 15 is 0 Å². The number of H-pyrrole nitrogens is 1. The summed E-state index contributed by atoms with van der Waals surface area (Å²) in [6.45, 7) is 0.157. The van der Waals surface area contributed by atoms with Crippen LogP contribution in [0.15, 0.2) is 60.9 Å². The molecule has 1 amide bonds. The minimum absolute atomic E-state index is 0.157. The Morgan fingerprint density at radius 3 is 2.89 bits per heavy atom. The van der Waals surface area contributed by atoms with Crippen LogP contribution in [0.25, 0.3) is 17.2 Å². The van der Waals surface area contributed by atoms with Crippen LogP contribution in [0.5, 0.6) is 11.5 Å². The van der Waals surface area contributed by atoms with E-state index in [9.17, 15) is 4.79 Å². The molecular formula is C22H19N3O3. The number of nitrogens with one attached hydrogen (secondary N) is 2. The smallest absolute Gasteiger partial charge is 0.248 e. The summed E-state index contributed by atoms with van der Waals surface area (Å²) in [6, 6.07) is 12.9. The number of ether oxygens (including phenoxy) is 2. The van der Waals surface area contributed by atoms with Gasteiger partial charge in [0, 0.05) is 29.1 Å². The van der Waals surface area contributed by atoms with E-state index in [0.29, 0.717) is 17.2 Å². The Balaban J connectivity index is 1.72. The molecule has 0 spiro atoms. The van der Waals surface area contributed by atoms with Crippen LogP contribution in [0.4, 0.5) is 5.69 Å². The molecule has 3 rings (SSSR count). The first-order valence-corrected chi connectivity index (χ1v) is 8.53. The van der Waals surface area contributed by atoms with Crippen molar-refractivity contribution in [3.63, 3.8) is 0 Å². The van der Waals surface area contributed by atoms with Gasteiger partial charge < -0.3 is 14.8 Å². The van der Waals surface area contributed by atoms with Crippen LogP contribution >= 0.6 is 0 Å². The Morgan fingerprint density at radius 1 is 1.29 bits per heavy atom. The van der Waals surface area contributed by atoms with Crippen molar-refractivity contribution in [3.8, 4) is 35.0 Å². The van der Waals surface area contributed by atoms with Crippen molar-refractivity contribution in [2.24, 2.45) is 0 Å². The lowest BCUT2D eigenvalue weighted by Crippen LogP contribution is -2.08. The number of benzene rings is 2. The molecule has 2 aromatic carbocycles. The van der Waals surface area contributed by atoms with Crippen molar-refractivity contribution in [2.75, 3.05) is 19.0 Å². The highest BCUT2D eigenvalue weighted by Gasteiger charge is 2.08. The Bertz CT molecular complexity index is 1020. The fraction of sp³-hybridized carbons (Fsp3) is 0.0909. The summed E-state index contributed by atoms with van der Waals surface area (Å²) in [5, 5.41) is 9.62. The molecule has 0 saturated heterocycles. The van der Waals surface area contributed by atoms with Gasteiger partial charge in [0.25, 0.3) is 0 Å². The van der Waals surface area contributed by atoms with Gasteiger partial charge in [-0.2, -0.15) is 5.10 Å². The molecule has 6 heteroatoms. The number of hydrogen-bond donors (Lipinski definition) is 2. The minimum Gasteiger partial charge on any atom is -0.493 e. The summed E-state index contributed by atoms with van der Waals surface area (Å²) in [7, 11) is 1.55. The van der Waals surface area contributed by atoms with Crippen molar-refractivity contribution < 1.29 is 14.3 Å². The number of aromatic amines is 1. The van der Waals surface area contributed by atoms with Gasteiger partial charge in [0.15, 0.2) is 11.5 Å². The van der Waals surface area contributed by atoms with Crippen LogP contribution in [0.3, 0.4) is 0 Å². The molecular weight excluding hydrogens is 354 g/mol. The summed E-state index contributed by atoms with van der Waals surface area (Å²) < 4.78 is 10.7. The number of aromatic nitrogens is 2. The van der Waals surface area contributed by atoms with E-state index in [2.05, 4.69) is 21.4 Å². The lowest BCUT2D eigenvalue weighted by molar-refractivity contribution is -0.111. The van der Waals surface area contributed by atoms with E-state index in [0.717, 1.165) is 16.7 Å². The van der Waals surface area contributed by atoms with Crippen molar-refractivity contribution in [1.82, 2.24) is 10.2 Å². The highest BCUT2D eigenvalue weighted by Crippen LogP contribution is 2.29. The molecule has 3 aromatic rings. The summed E-state index contributed by atoms with van der Waals surface area (Å²) in [5.41, 5.74) is 3.28. The number of terminal acetylenes is 1. The van der Waals surface area contributed by atoms with Crippen LogP contribution in [-0.2, 0) is 4.79 Å². The van der Waals surface area contributed by atoms with E-state index in [1.807, 2.05) is 30.3 Å². The molecule has 2 N–H and O–H groups in total. The lowest BCUT2D eigenvalue weighted by atomic mass is 10.1.